The number of nitrogens with zero attached hydrogens (tertiary/aromatic N) is 1. The normalized spacial score (nSPS) is 11.5. The maximum absolute atomic E-state index is 11.7. The van der Waals surface area contributed by atoms with Crippen LogP contribution in [0.1, 0.15) is 20.3 Å². The Balaban J connectivity index is 4.27. The fraction of sp³-hybridized carbons (Fsp3) is 0.727. The number of carbonyl (C=O) groups excluding carboxylic acids is 2. The number of hydrogen-bond donors (Lipinski definition) is 3. The Morgan fingerprint density at radius 3 is 2.28 bits per heavy atom. The predicted molar refractivity (Wildman–Crippen MR) is 66.1 cm³/mol. The van der Waals surface area contributed by atoms with Crippen LogP contribution in [0.3, 0.4) is 0 Å². The molecule has 0 bridgehead atoms. The summed E-state index contributed by atoms with van der Waals surface area (Å²) < 4.78 is 0. The monoisotopic (exact) mass is 259 g/mol. The highest BCUT2D eigenvalue weighted by atomic mass is 16.4. The van der Waals surface area contributed by atoms with E-state index < -0.39 is 17.9 Å². The third kappa shape index (κ3) is 5.51. The number of carboxylic acids is 1. The van der Waals surface area contributed by atoms with Gasteiger partial charge in [0.1, 0.15) is 6.54 Å². The predicted octanol–water partition coefficient (Wildman–Crippen LogP) is -0.125. The highest BCUT2D eigenvalue weighted by Gasteiger charge is 2.19. The average molecular weight is 259 g/mol. The molecular weight excluding hydrogens is 238 g/mol. The molecule has 7 heteroatoms. The Bertz CT molecular complexity index is 307. The van der Waals surface area contributed by atoms with Gasteiger partial charge in [-0.3, -0.25) is 9.59 Å². The number of likely N-dealkylation sites (N-methyl/N-ethyl adjacent to an activating group) is 2. The van der Waals surface area contributed by atoms with E-state index in [4.69, 9.17) is 5.11 Å². The molecule has 3 N–H and O–H groups in total. The zero-order chi connectivity index (χ0) is 14.1. The maximum atomic E-state index is 11.7. The van der Waals surface area contributed by atoms with Crippen molar-refractivity contribution in [3.63, 3.8) is 0 Å². The van der Waals surface area contributed by atoms with E-state index in [1.54, 1.807) is 13.8 Å². The van der Waals surface area contributed by atoms with E-state index in [2.05, 4.69) is 10.6 Å². The van der Waals surface area contributed by atoms with Crippen molar-refractivity contribution in [1.29, 1.82) is 0 Å². The molecule has 18 heavy (non-hydrogen) atoms. The molecule has 0 saturated carbocycles. The molecule has 0 fully saturated rings. The lowest BCUT2D eigenvalue weighted by Gasteiger charge is -2.21. The highest BCUT2D eigenvalue weighted by molar-refractivity contribution is 5.84. The van der Waals surface area contributed by atoms with Crippen molar-refractivity contribution in [3.8, 4) is 0 Å². The molecule has 1 unspecified atom stereocenters. The van der Waals surface area contributed by atoms with Crippen molar-refractivity contribution in [3.05, 3.63) is 0 Å². The Hall–Kier alpha value is -1.79. The third-order valence-corrected chi connectivity index (χ3v) is 2.62. The fourth-order valence-electron chi connectivity index (χ4n) is 1.31. The second-order valence-electron chi connectivity index (χ2n) is 3.82. The fourth-order valence-corrected chi connectivity index (χ4v) is 1.31. The molecule has 0 spiro atoms. The van der Waals surface area contributed by atoms with Crippen molar-refractivity contribution in [2.45, 2.75) is 20.3 Å². The molecule has 0 aliphatic heterocycles. The first kappa shape index (κ1) is 16.2. The zero-order valence-electron chi connectivity index (χ0n) is 11.0. The number of carbonyl (C=O) groups is 3. The van der Waals surface area contributed by atoms with Crippen LogP contribution in [-0.2, 0) is 9.59 Å². The van der Waals surface area contributed by atoms with Crippen LogP contribution in [0, 0.1) is 5.92 Å². The van der Waals surface area contributed by atoms with Gasteiger partial charge in [0.05, 0.1) is 5.92 Å². The standard InChI is InChI=1S/C11H21N3O4/c1-4-8(10(16)17)6-13-11(18)14(5-2)7-9(15)12-3/h8H,4-7H2,1-3H3,(H,12,15)(H,13,18)(H,16,17). The van der Waals surface area contributed by atoms with Crippen molar-refractivity contribution in [2.24, 2.45) is 5.92 Å². The Labute approximate surface area is 107 Å². The van der Waals surface area contributed by atoms with Crippen LogP contribution in [0.25, 0.3) is 0 Å². The topological polar surface area (TPSA) is 98.7 Å². The van der Waals surface area contributed by atoms with Gasteiger partial charge in [-0.05, 0) is 13.3 Å². The van der Waals surface area contributed by atoms with Crippen LogP contribution in [0.5, 0.6) is 0 Å². The molecule has 1 atom stereocenters. The molecule has 0 aromatic heterocycles. The summed E-state index contributed by atoms with van der Waals surface area (Å²) in [5.41, 5.74) is 0. The smallest absolute Gasteiger partial charge is 0.317 e. The number of aliphatic carboxylic acids is 1. The van der Waals surface area contributed by atoms with Gasteiger partial charge in [-0.1, -0.05) is 6.92 Å². The summed E-state index contributed by atoms with van der Waals surface area (Å²) in [7, 11) is 1.49. The van der Waals surface area contributed by atoms with Crippen molar-refractivity contribution in [1.82, 2.24) is 15.5 Å². The summed E-state index contributed by atoms with van der Waals surface area (Å²) in [6.45, 7) is 3.89. The van der Waals surface area contributed by atoms with Crippen molar-refractivity contribution >= 4 is 17.9 Å². The largest absolute Gasteiger partial charge is 0.481 e. The van der Waals surface area contributed by atoms with E-state index in [-0.39, 0.29) is 19.0 Å². The molecule has 0 aromatic carbocycles. The Morgan fingerprint density at radius 1 is 1.28 bits per heavy atom. The Kier molecular flexibility index (Phi) is 7.50. The van der Waals surface area contributed by atoms with Gasteiger partial charge in [0, 0.05) is 20.1 Å². The van der Waals surface area contributed by atoms with Gasteiger partial charge in [0.25, 0.3) is 0 Å². The number of amides is 3. The number of nitrogens with one attached hydrogen (secondary N) is 2. The third-order valence-electron chi connectivity index (χ3n) is 2.62. The van der Waals surface area contributed by atoms with Gasteiger partial charge in [0.2, 0.25) is 5.91 Å². The van der Waals surface area contributed by atoms with Crippen LogP contribution < -0.4 is 10.6 Å². The maximum Gasteiger partial charge on any atom is 0.317 e. The number of urea groups is 1. The van der Waals surface area contributed by atoms with E-state index in [0.29, 0.717) is 13.0 Å². The second-order valence-corrected chi connectivity index (χ2v) is 3.82. The van der Waals surface area contributed by atoms with E-state index in [9.17, 15) is 14.4 Å². The molecule has 0 radical (unpaired) electrons. The minimum Gasteiger partial charge on any atom is -0.481 e. The summed E-state index contributed by atoms with van der Waals surface area (Å²) in [5, 5.41) is 13.8. The summed E-state index contributed by atoms with van der Waals surface area (Å²) >= 11 is 0. The van der Waals surface area contributed by atoms with Gasteiger partial charge in [-0.15, -0.1) is 0 Å². The van der Waals surface area contributed by atoms with Crippen LogP contribution in [-0.4, -0.2) is 54.6 Å². The Morgan fingerprint density at radius 2 is 1.89 bits per heavy atom. The first-order chi connectivity index (χ1) is 8.46. The number of carboxylic acid groups (broad SMARTS) is 1. The van der Waals surface area contributed by atoms with Gasteiger partial charge in [-0.2, -0.15) is 0 Å². The zero-order valence-corrected chi connectivity index (χ0v) is 11.0. The lowest BCUT2D eigenvalue weighted by molar-refractivity contribution is -0.141. The van der Waals surface area contributed by atoms with E-state index in [0.717, 1.165) is 0 Å². The van der Waals surface area contributed by atoms with Gasteiger partial charge in [0.15, 0.2) is 0 Å². The number of rotatable bonds is 7. The molecule has 7 nitrogen and oxygen atoms in total. The summed E-state index contributed by atoms with van der Waals surface area (Å²) in [6, 6.07) is -0.430. The second kappa shape index (κ2) is 8.32. The van der Waals surface area contributed by atoms with Crippen LogP contribution in [0.15, 0.2) is 0 Å². The molecule has 0 saturated heterocycles. The van der Waals surface area contributed by atoms with Crippen LogP contribution >= 0.6 is 0 Å². The van der Waals surface area contributed by atoms with E-state index in [1.807, 2.05) is 0 Å². The minimum atomic E-state index is -0.938. The highest BCUT2D eigenvalue weighted by Crippen LogP contribution is 2.01. The van der Waals surface area contributed by atoms with Gasteiger partial charge >= 0.3 is 12.0 Å². The lowest BCUT2D eigenvalue weighted by Crippen LogP contribution is -2.46. The van der Waals surface area contributed by atoms with Crippen LogP contribution in [0.2, 0.25) is 0 Å². The minimum absolute atomic E-state index is 0.0390. The molecule has 104 valence electrons. The SMILES string of the molecule is CCC(CNC(=O)N(CC)CC(=O)NC)C(=O)O. The first-order valence-corrected chi connectivity index (χ1v) is 5.92. The molecule has 0 rings (SSSR count). The van der Waals surface area contributed by atoms with Crippen molar-refractivity contribution in [2.75, 3.05) is 26.7 Å². The van der Waals surface area contributed by atoms with E-state index in [1.165, 1.54) is 11.9 Å². The molecular formula is C11H21N3O4. The molecule has 0 aliphatic carbocycles. The first-order valence-electron chi connectivity index (χ1n) is 5.92. The lowest BCUT2D eigenvalue weighted by atomic mass is 10.1. The molecule has 0 heterocycles. The summed E-state index contributed by atoms with van der Waals surface area (Å²) in [5.74, 6) is -1.81. The quantitative estimate of drug-likeness (QED) is 0.593. The molecule has 0 aliphatic rings. The summed E-state index contributed by atoms with van der Waals surface area (Å²) in [6.07, 6.45) is 0.442. The van der Waals surface area contributed by atoms with Gasteiger partial charge in [-0.25, -0.2) is 4.79 Å². The number of hydrogen-bond acceptors (Lipinski definition) is 3. The average Bonchev–Trinajstić information content (AvgIpc) is 2.35. The molecule has 0 aromatic rings. The molecule has 3 amide bonds. The van der Waals surface area contributed by atoms with Crippen molar-refractivity contribution < 1.29 is 19.5 Å². The van der Waals surface area contributed by atoms with E-state index >= 15 is 0 Å². The summed E-state index contributed by atoms with van der Waals surface area (Å²) in [4.78, 5) is 35.0. The van der Waals surface area contributed by atoms with Crippen LogP contribution in [0.4, 0.5) is 4.79 Å². The van der Waals surface area contributed by atoms with Gasteiger partial charge < -0.3 is 20.6 Å².